The molecule has 0 spiro atoms. The highest BCUT2D eigenvalue weighted by Crippen LogP contribution is 2.14. The van der Waals surface area contributed by atoms with Crippen molar-refractivity contribution in [1.29, 1.82) is 0 Å². The molecule has 0 aliphatic carbocycles. The fourth-order valence-corrected chi connectivity index (χ4v) is 3.58. The molecule has 1 aromatic heterocycles. The number of aromatic nitrogens is 2. The van der Waals surface area contributed by atoms with Gasteiger partial charge in [-0.15, -0.1) is 0 Å². The number of benzene rings is 2. The Morgan fingerprint density at radius 1 is 1.10 bits per heavy atom. The van der Waals surface area contributed by atoms with E-state index in [9.17, 15) is 9.59 Å². The Labute approximate surface area is 180 Å². The van der Waals surface area contributed by atoms with Crippen molar-refractivity contribution in [2.45, 2.75) is 19.0 Å². The standard InChI is InChI=1S/C23H25N5O3/c29-22-15-19(17-27(22)13-14-31-20-8-2-1-3-9-20)26-23(30)24-16-18-7-4-5-10-21(18)28-12-6-11-25-28/h1-12,19H,13-17H2,(H2,24,26,30). The van der Waals surface area contributed by atoms with Crippen LogP contribution in [0.1, 0.15) is 12.0 Å². The van der Waals surface area contributed by atoms with Gasteiger partial charge in [-0.1, -0.05) is 36.4 Å². The van der Waals surface area contributed by atoms with Crippen molar-refractivity contribution in [3.8, 4) is 11.4 Å². The average Bonchev–Trinajstić information content (AvgIpc) is 3.43. The van der Waals surface area contributed by atoms with Crippen LogP contribution in [0, 0.1) is 0 Å². The van der Waals surface area contributed by atoms with Gasteiger partial charge in [0.2, 0.25) is 5.91 Å². The number of ether oxygens (including phenoxy) is 1. The molecular weight excluding hydrogens is 394 g/mol. The van der Waals surface area contributed by atoms with Crippen LogP contribution in [0.25, 0.3) is 5.69 Å². The van der Waals surface area contributed by atoms with E-state index < -0.39 is 0 Å². The van der Waals surface area contributed by atoms with Crippen molar-refractivity contribution in [2.24, 2.45) is 0 Å². The third kappa shape index (κ3) is 5.42. The zero-order chi connectivity index (χ0) is 21.5. The van der Waals surface area contributed by atoms with Gasteiger partial charge >= 0.3 is 6.03 Å². The number of urea groups is 1. The first-order valence-electron chi connectivity index (χ1n) is 10.3. The molecule has 4 rings (SSSR count). The van der Waals surface area contributed by atoms with Crippen molar-refractivity contribution >= 4 is 11.9 Å². The summed E-state index contributed by atoms with van der Waals surface area (Å²) in [5.41, 5.74) is 1.86. The van der Waals surface area contributed by atoms with Gasteiger partial charge in [0.05, 0.1) is 18.3 Å². The van der Waals surface area contributed by atoms with Crippen molar-refractivity contribution in [3.05, 3.63) is 78.6 Å². The highest BCUT2D eigenvalue weighted by Gasteiger charge is 2.30. The fraction of sp³-hybridized carbons (Fsp3) is 0.261. The maximum atomic E-state index is 12.4. The molecule has 8 heteroatoms. The number of amides is 3. The minimum Gasteiger partial charge on any atom is -0.492 e. The number of hydrogen-bond donors (Lipinski definition) is 2. The average molecular weight is 419 g/mol. The second kappa shape index (κ2) is 9.80. The topological polar surface area (TPSA) is 88.5 Å². The molecule has 1 aliphatic heterocycles. The Morgan fingerprint density at radius 3 is 2.71 bits per heavy atom. The lowest BCUT2D eigenvalue weighted by Crippen LogP contribution is -2.43. The molecule has 1 saturated heterocycles. The first kappa shape index (κ1) is 20.5. The quantitative estimate of drug-likeness (QED) is 0.587. The summed E-state index contributed by atoms with van der Waals surface area (Å²) in [4.78, 5) is 26.4. The second-order valence-corrected chi connectivity index (χ2v) is 7.31. The van der Waals surface area contributed by atoms with E-state index in [4.69, 9.17) is 4.74 Å². The first-order chi connectivity index (χ1) is 15.2. The molecule has 2 aromatic carbocycles. The van der Waals surface area contributed by atoms with Gasteiger partial charge in [-0.2, -0.15) is 5.10 Å². The van der Waals surface area contributed by atoms with E-state index in [-0.39, 0.29) is 18.0 Å². The monoisotopic (exact) mass is 419 g/mol. The largest absolute Gasteiger partial charge is 0.492 e. The summed E-state index contributed by atoms with van der Waals surface area (Å²) in [5.74, 6) is 0.796. The predicted molar refractivity (Wildman–Crippen MR) is 116 cm³/mol. The van der Waals surface area contributed by atoms with Gasteiger partial charge < -0.3 is 20.3 Å². The van der Waals surface area contributed by atoms with Gasteiger partial charge in [-0.25, -0.2) is 9.48 Å². The van der Waals surface area contributed by atoms with Gasteiger partial charge in [0, 0.05) is 31.9 Å². The summed E-state index contributed by atoms with van der Waals surface area (Å²) >= 11 is 0. The summed E-state index contributed by atoms with van der Waals surface area (Å²) in [6.07, 6.45) is 3.87. The van der Waals surface area contributed by atoms with Crippen LogP contribution in [0.4, 0.5) is 4.79 Å². The highest BCUT2D eigenvalue weighted by atomic mass is 16.5. The molecule has 31 heavy (non-hydrogen) atoms. The normalized spacial score (nSPS) is 15.7. The number of carbonyl (C=O) groups is 2. The molecule has 0 radical (unpaired) electrons. The van der Waals surface area contributed by atoms with Crippen LogP contribution in [0.15, 0.2) is 73.1 Å². The summed E-state index contributed by atoms with van der Waals surface area (Å²) < 4.78 is 7.43. The summed E-state index contributed by atoms with van der Waals surface area (Å²) in [5, 5.41) is 10.0. The number of nitrogens with one attached hydrogen (secondary N) is 2. The SMILES string of the molecule is O=C(NCc1ccccc1-n1cccn1)NC1CC(=O)N(CCOc2ccccc2)C1. The minimum absolute atomic E-state index is 0.0194. The third-order valence-electron chi connectivity index (χ3n) is 5.11. The van der Waals surface area contributed by atoms with E-state index >= 15 is 0 Å². The maximum Gasteiger partial charge on any atom is 0.315 e. The Morgan fingerprint density at radius 2 is 1.90 bits per heavy atom. The Hall–Kier alpha value is -3.81. The molecule has 0 saturated carbocycles. The van der Waals surface area contributed by atoms with E-state index in [1.54, 1.807) is 15.8 Å². The van der Waals surface area contributed by atoms with Crippen molar-refractivity contribution in [2.75, 3.05) is 19.7 Å². The first-order valence-corrected chi connectivity index (χ1v) is 10.3. The zero-order valence-corrected chi connectivity index (χ0v) is 17.1. The van der Waals surface area contributed by atoms with Crippen LogP contribution in [-0.2, 0) is 11.3 Å². The molecule has 1 fully saturated rings. The van der Waals surface area contributed by atoms with Crippen LogP contribution in [0.3, 0.4) is 0 Å². The minimum atomic E-state index is -0.296. The van der Waals surface area contributed by atoms with Crippen LogP contribution < -0.4 is 15.4 Å². The molecule has 3 aromatic rings. The van der Waals surface area contributed by atoms with Crippen LogP contribution >= 0.6 is 0 Å². The molecule has 1 unspecified atom stereocenters. The van der Waals surface area contributed by atoms with Crippen molar-refractivity contribution in [1.82, 2.24) is 25.3 Å². The smallest absolute Gasteiger partial charge is 0.315 e. The van der Waals surface area contributed by atoms with Gasteiger partial charge in [0.15, 0.2) is 0 Å². The lowest BCUT2D eigenvalue weighted by molar-refractivity contribution is -0.128. The maximum absolute atomic E-state index is 12.4. The summed E-state index contributed by atoms with van der Waals surface area (Å²) in [6, 6.07) is 18.6. The predicted octanol–water partition coefficient (Wildman–Crippen LogP) is 2.35. The van der Waals surface area contributed by atoms with Crippen LogP contribution in [0.2, 0.25) is 0 Å². The van der Waals surface area contributed by atoms with E-state index in [2.05, 4.69) is 15.7 Å². The van der Waals surface area contributed by atoms with Gasteiger partial charge in [-0.3, -0.25) is 4.79 Å². The Bertz CT molecular complexity index is 1010. The molecule has 1 atom stereocenters. The van der Waals surface area contributed by atoms with Gasteiger partial charge in [-0.05, 0) is 29.8 Å². The zero-order valence-electron chi connectivity index (χ0n) is 17.1. The summed E-state index contributed by atoms with van der Waals surface area (Å²) in [7, 11) is 0. The second-order valence-electron chi connectivity index (χ2n) is 7.31. The van der Waals surface area contributed by atoms with E-state index in [1.165, 1.54) is 0 Å². The van der Waals surface area contributed by atoms with E-state index in [0.717, 1.165) is 17.0 Å². The number of para-hydroxylation sites is 2. The number of carbonyl (C=O) groups excluding carboxylic acids is 2. The van der Waals surface area contributed by atoms with Gasteiger partial charge in [0.25, 0.3) is 0 Å². The van der Waals surface area contributed by atoms with Crippen LogP contribution in [0.5, 0.6) is 5.75 Å². The van der Waals surface area contributed by atoms with E-state index in [0.29, 0.717) is 32.7 Å². The third-order valence-corrected chi connectivity index (χ3v) is 5.11. The lowest BCUT2D eigenvalue weighted by atomic mass is 10.2. The number of likely N-dealkylation sites (tertiary alicyclic amines) is 1. The fourth-order valence-electron chi connectivity index (χ4n) is 3.58. The lowest BCUT2D eigenvalue weighted by Gasteiger charge is -2.18. The molecule has 2 heterocycles. The highest BCUT2D eigenvalue weighted by molar-refractivity contribution is 5.81. The molecule has 2 N–H and O–H groups in total. The molecule has 1 aliphatic rings. The number of nitrogens with zero attached hydrogens (tertiary/aromatic N) is 3. The summed E-state index contributed by atoms with van der Waals surface area (Å²) in [6.45, 7) is 1.75. The number of hydrogen-bond acceptors (Lipinski definition) is 4. The van der Waals surface area contributed by atoms with E-state index in [1.807, 2.05) is 66.9 Å². The van der Waals surface area contributed by atoms with Crippen LogP contribution in [-0.4, -0.2) is 52.4 Å². The molecule has 0 bridgehead atoms. The number of rotatable bonds is 8. The Kier molecular flexibility index (Phi) is 6.47. The molecule has 8 nitrogen and oxygen atoms in total. The van der Waals surface area contributed by atoms with Crippen molar-refractivity contribution < 1.29 is 14.3 Å². The molecular formula is C23H25N5O3. The Balaban J connectivity index is 1.23. The van der Waals surface area contributed by atoms with Crippen molar-refractivity contribution in [3.63, 3.8) is 0 Å². The van der Waals surface area contributed by atoms with Gasteiger partial charge in [0.1, 0.15) is 12.4 Å². The molecule has 160 valence electrons. The molecule has 3 amide bonds.